The number of aromatic nitrogens is 2. The van der Waals surface area contributed by atoms with Gasteiger partial charge >= 0.3 is 0 Å². The van der Waals surface area contributed by atoms with E-state index in [0.29, 0.717) is 11.8 Å². The molecule has 2 nitrogen and oxygen atoms in total. The van der Waals surface area contributed by atoms with Gasteiger partial charge in [0.1, 0.15) is 0 Å². The van der Waals surface area contributed by atoms with Gasteiger partial charge in [0.25, 0.3) is 0 Å². The maximum Gasteiger partial charge on any atom is 0.174 e. The maximum atomic E-state index is 5.12. The fourth-order valence-corrected chi connectivity index (χ4v) is 2.96. The van der Waals surface area contributed by atoms with Crippen LogP contribution in [-0.2, 0) is 0 Å². The lowest BCUT2D eigenvalue weighted by atomic mass is 9.71. The van der Waals surface area contributed by atoms with Crippen molar-refractivity contribution in [2.24, 2.45) is 11.3 Å². The van der Waals surface area contributed by atoms with Crippen molar-refractivity contribution in [3.63, 3.8) is 0 Å². The summed E-state index contributed by atoms with van der Waals surface area (Å²) in [6.45, 7) is 6.90. The van der Waals surface area contributed by atoms with E-state index >= 15 is 0 Å². The zero-order valence-corrected chi connectivity index (χ0v) is 11.0. The summed E-state index contributed by atoms with van der Waals surface area (Å²) in [7, 11) is 0. The third-order valence-electron chi connectivity index (χ3n) is 3.36. The minimum absolute atomic E-state index is 0.250. The fourth-order valence-electron chi connectivity index (χ4n) is 2.79. The molecule has 1 heterocycles. The van der Waals surface area contributed by atoms with Crippen LogP contribution in [0.5, 0.6) is 0 Å². The number of hydrogen-bond donors (Lipinski definition) is 2. The summed E-state index contributed by atoms with van der Waals surface area (Å²) in [5.74, 6) is 1.15. The normalized spacial score (nSPS) is 22.6. The molecule has 1 aliphatic carbocycles. The molecule has 2 rings (SSSR count). The summed E-state index contributed by atoms with van der Waals surface area (Å²) in [6, 6.07) is 0. The van der Waals surface area contributed by atoms with Gasteiger partial charge in [0.05, 0.1) is 0 Å². The maximum absolute atomic E-state index is 5.12. The van der Waals surface area contributed by atoms with E-state index in [0.717, 1.165) is 4.77 Å². The van der Waals surface area contributed by atoms with Crippen LogP contribution < -0.4 is 0 Å². The zero-order chi connectivity index (χ0) is 11.8. The highest BCUT2D eigenvalue weighted by atomic mass is 32.1. The van der Waals surface area contributed by atoms with Gasteiger partial charge < -0.3 is 9.97 Å². The molecule has 0 saturated carbocycles. The number of allylic oxidation sites excluding steroid dienone is 2. The van der Waals surface area contributed by atoms with Crippen LogP contribution in [0.2, 0.25) is 0 Å². The van der Waals surface area contributed by atoms with Gasteiger partial charge in [-0.05, 0) is 36.4 Å². The Hall–Kier alpha value is -0.830. The monoisotopic (exact) mass is 236 g/mol. The average Bonchev–Trinajstić information content (AvgIpc) is 2.76. The van der Waals surface area contributed by atoms with Crippen LogP contribution in [0, 0.1) is 16.1 Å². The highest BCUT2D eigenvalue weighted by molar-refractivity contribution is 7.71. The Kier molecular flexibility index (Phi) is 3.06. The summed E-state index contributed by atoms with van der Waals surface area (Å²) in [5.41, 5.74) is 1.49. The summed E-state index contributed by atoms with van der Waals surface area (Å²) in [6.07, 6.45) is 9.16. The van der Waals surface area contributed by atoms with Crippen LogP contribution in [0.3, 0.4) is 0 Å². The van der Waals surface area contributed by atoms with Crippen molar-refractivity contribution < 1.29 is 0 Å². The molecule has 2 atom stereocenters. The SMILES string of the molecule is CC(C)(C)C(c1c[nH]c(=S)[nH]1)C1C=CCC1. The van der Waals surface area contributed by atoms with Crippen LogP contribution >= 0.6 is 12.2 Å². The number of nitrogens with one attached hydrogen (secondary N) is 2. The molecule has 0 fully saturated rings. The van der Waals surface area contributed by atoms with Crippen molar-refractivity contribution in [2.75, 3.05) is 0 Å². The van der Waals surface area contributed by atoms with Gasteiger partial charge in [-0.25, -0.2) is 0 Å². The molecule has 2 unspecified atom stereocenters. The number of aromatic amines is 2. The first kappa shape index (κ1) is 11.6. The van der Waals surface area contributed by atoms with E-state index in [1.807, 2.05) is 6.20 Å². The molecule has 1 aromatic heterocycles. The molecular formula is C13H20N2S. The first-order valence-corrected chi connectivity index (χ1v) is 6.33. The van der Waals surface area contributed by atoms with Crippen molar-refractivity contribution in [1.82, 2.24) is 9.97 Å². The molecule has 0 spiro atoms. The van der Waals surface area contributed by atoms with Gasteiger partial charge in [0.15, 0.2) is 4.77 Å². The highest BCUT2D eigenvalue weighted by Crippen LogP contribution is 2.44. The quantitative estimate of drug-likeness (QED) is 0.586. The third kappa shape index (κ3) is 2.29. The predicted molar refractivity (Wildman–Crippen MR) is 70.0 cm³/mol. The lowest BCUT2D eigenvalue weighted by Crippen LogP contribution is -2.24. The van der Waals surface area contributed by atoms with Gasteiger partial charge in [-0.2, -0.15) is 0 Å². The topological polar surface area (TPSA) is 31.6 Å². The van der Waals surface area contributed by atoms with Crippen LogP contribution in [0.4, 0.5) is 0 Å². The molecule has 0 radical (unpaired) electrons. The third-order valence-corrected chi connectivity index (χ3v) is 3.58. The lowest BCUT2D eigenvalue weighted by Gasteiger charge is -2.34. The minimum Gasteiger partial charge on any atom is -0.337 e. The fraction of sp³-hybridized carbons (Fsp3) is 0.615. The molecule has 3 heteroatoms. The Labute approximate surface area is 102 Å². The molecule has 0 amide bonds. The highest BCUT2D eigenvalue weighted by Gasteiger charge is 2.34. The van der Waals surface area contributed by atoms with Crippen molar-refractivity contribution >= 4 is 12.2 Å². The van der Waals surface area contributed by atoms with Crippen LogP contribution in [0.15, 0.2) is 18.3 Å². The van der Waals surface area contributed by atoms with E-state index in [1.54, 1.807) is 0 Å². The predicted octanol–water partition coefficient (Wildman–Crippen LogP) is 4.17. The zero-order valence-electron chi connectivity index (χ0n) is 10.2. The van der Waals surface area contributed by atoms with Gasteiger partial charge in [0.2, 0.25) is 0 Å². The second-order valence-electron chi connectivity index (χ2n) is 5.71. The van der Waals surface area contributed by atoms with Crippen LogP contribution in [-0.4, -0.2) is 9.97 Å². The number of hydrogen-bond acceptors (Lipinski definition) is 1. The Morgan fingerprint density at radius 3 is 2.62 bits per heavy atom. The van der Waals surface area contributed by atoms with Gasteiger partial charge in [-0.1, -0.05) is 32.9 Å². The molecule has 2 N–H and O–H groups in total. The van der Waals surface area contributed by atoms with E-state index < -0.39 is 0 Å². The van der Waals surface area contributed by atoms with E-state index in [2.05, 4.69) is 42.9 Å². The average molecular weight is 236 g/mol. The molecule has 88 valence electrons. The lowest BCUT2D eigenvalue weighted by molar-refractivity contribution is 0.257. The number of rotatable bonds is 2. The Bertz CT molecular complexity index is 433. The van der Waals surface area contributed by atoms with Crippen LogP contribution in [0.25, 0.3) is 0 Å². The van der Waals surface area contributed by atoms with E-state index in [9.17, 15) is 0 Å². The Balaban J connectivity index is 2.35. The summed E-state index contributed by atoms with van der Waals surface area (Å²) < 4.78 is 0.728. The smallest absolute Gasteiger partial charge is 0.174 e. The first-order valence-electron chi connectivity index (χ1n) is 5.93. The molecule has 0 bridgehead atoms. The van der Waals surface area contributed by atoms with E-state index in [1.165, 1.54) is 18.5 Å². The molecular weight excluding hydrogens is 216 g/mol. The molecule has 1 aliphatic rings. The number of H-pyrrole nitrogens is 2. The van der Waals surface area contributed by atoms with Crippen LogP contribution in [0.1, 0.15) is 45.2 Å². The number of imidazole rings is 1. The molecule has 0 saturated heterocycles. The van der Waals surface area contributed by atoms with E-state index in [4.69, 9.17) is 12.2 Å². The Morgan fingerprint density at radius 2 is 2.19 bits per heavy atom. The van der Waals surface area contributed by atoms with Gasteiger partial charge in [-0.3, -0.25) is 0 Å². The van der Waals surface area contributed by atoms with Crippen molar-refractivity contribution in [3.05, 3.63) is 28.8 Å². The summed E-state index contributed by atoms with van der Waals surface area (Å²) in [4.78, 5) is 6.36. The summed E-state index contributed by atoms with van der Waals surface area (Å²) in [5, 5.41) is 0. The molecule has 16 heavy (non-hydrogen) atoms. The largest absolute Gasteiger partial charge is 0.337 e. The van der Waals surface area contributed by atoms with Crippen molar-refractivity contribution in [2.45, 2.75) is 39.5 Å². The minimum atomic E-state index is 0.250. The Morgan fingerprint density at radius 1 is 1.44 bits per heavy atom. The van der Waals surface area contributed by atoms with Crippen molar-refractivity contribution in [1.29, 1.82) is 0 Å². The molecule has 0 aromatic carbocycles. The molecule has 0 aliphatic heterocycles. The summed E-state index contributed by atoms with van der Waals surface area (Å²) >= 11 is 5.12. The van der Waals surface area contributed by atoms with Crippen molar-refractivity contribution in [3.8, 4) is 0 Å². The van der Waals surface area contributed by atoms with Gasteiger partial charge in [-0.15, -0.1) is 0 Å². The second-order valence-corrected chi connectivity index (χ2v) is 6.12. The van der Waals surface area contributed by atoms with Gasteiger partial charge in [0, 0.05) is 17.8 Å². The van der Waals surface area contributed by atoms with E-state index in [-0.39, 0.29) is 5.41 Å². The second kappa shape index (κ2) is 4.21. The standard InChI is InChI=1S/C13H20N2S/c1-13(2,3)11(9-6-4-5-7-9)10-8-14-12(16)15-10/h4,6,8-9,11H,5,7H2,1-3H3,(H2,14,15,16). The first-order chi connectivity index (χ1) is 7.48. The molecule has 1 aromatic rings.